The van der Waals surface area contributed by atoms with Crippen molar-refractivity contribution in [3.8, 4) is 6.07 Å². The van der Waals surface area contributed by atoms with Gasteiger partial charge < -0.3 is 10.4 Å². The van der Waals surface area contributed by atoms with Gasteiger partial charge in [0.1, 0.15) is 0 Å². The Hall–Kier alpha value is -2.03. The molecule has 0 aliphatic rings. The van der Waals surface area contributed by atoms with Crippen LogP contribution < -0.4 is 5.32 Å². The molecule has 0 saturated carbocycles. The molecule has 0 amide bonds. The molecule has 0 fully saturated rings. The van der Waals surface area contributed by atoms with Gasteiger partial charge in [-0.1, -0.05) is 11.6 Å². The summed E-state index contributed by atoms with van der Waals surface area (Å²) in [4.78, 5) is 10.8. The second-order valence-electron chi connectivity index (χ2n) is 3.93. The minimum Gasteiger partial charge on any atom is -0.478 e. The summed E-state index contributed by atoms with van der Waals surface area (Å²) < 4.78 is 0.718. The van der Waals surface area contributed by atoms with Crippen molar-refractivity contribution in [2.75, 3.05) is 5.32 Å². The van der Waals surface area contributed by atoms with E-state index in [1.54, 1.807) is 24.3 Å². The lowest BCUT2D eigenvalue weighted by molar-refractivity contribution is 0.0697. The van der Waals surface area contributed by atoms with Gasteiger partial charge in [0, 0.05) is 4.47 Å². The highest BCUT2D eigenvalue weighted by Crippen LogP contribution is 2.31. The van der Waals surface area contributed by atoms with Gasteiger partial charge >= 0.3 is 5.97 Å². The van der Waals surface area contributed by atoms with Gasteiger partial charge in [0.05, 0.1) is 33.6 Å². The summed E-state index contributed by atoms with van der Waals surface area (Å²) >= 11 is 9.40. The zero-order chi connectivity index (χ0) is 14.7. The van der Waals surface area contributed by atoms with Crippen LogP contribution in [0.3, 0.4) is 0 Å². The van der Waals surface area contributed by atoms with Gasteiger partial charge in [0.15, 0.2) is 0 Å². The van der Waals surface area contributed by atoms with Crippen LogP contribution in [-0.2, 0) is 0 Å². The predicted molar refractivity (Wildman–Crippen MR) is 80.6 cm³/mol. The third-order valence-corrected chi connectivity index (χ3v) is 3.55. The first kappa shape index (κ1) is 14.4. The monoisotopic (exact) mass is 350 g/mol. The Morgan fingerprint density at radius 2 is 1.95 bits per heavy atom. The van der Waals surface area contributed by atoms with E-state index in [9.17, 15) is 4.79 Å². The number of nitrogens with zero attached hydrogens (tertiary/aromatic N) is 1. The number of aromatic carboxylic acids is 1. The number of anilines is 2. The van der Waals surface area contributed by atoms with Crippen LogP contribution in [0, 0.1) is 11.3 Å². The van der Waals surface area contributed by atoms with E-state index in [0.29, 0.717) is 16.3 Å². The van der Waals surface area contributed by atoms with Gasteiger partial charge in [0.2, 0.25) is 0 Å². The maximum absolute atomic E-state index is 10.8. The molecule has 0 atom stereocenters. The number of nitrogens with one attached hydrogen (secondary N) is 1. The van der Waals surface area contributed by atoms with Crippen LogP contribution in [0.5, 0.6) is 0 Å². The van der Waals surface area contributed by atoms with Crippen molar-refractivity contribution in [2.45, 2.75) is 0 Å². The smallest absolute Gasteiger partial charge is 0.335 e. The molecule has 0 aliphatic carbocycles. The van der Waals surface area contributed by atoms with E-state index in [2.05, 4.69) is 21.2 Å². The van der Waals surface area contributed by atoms with E-state index in [1.165, 1.54) is 12.1 Å². The summed E-state index contributed by atoms with van der Waals surface area (Å²) in [6.07, 6.45) is 0. The van der Waals surface area contributed by atoms with E-state index < -0.39 is 5.97 Å². The molecule has 2 rings (SSSR count). The maximum atomic E-state index is 10.8. The largest absolute Gasteiger partial charge is 0.478 e. The molecule has 2 N–H and O–H groups in total. The van der Waals surface area contributed by atoms with Crippen LogP contribution in [0.2, 0.25) is 5.02 Å². The van der Waals surface area contributed by atoms with E-state index in [-0.39, 0.29) is 5.56 Å². The Bertz CT molecular complexity index is 726. The molecule has 4 nitrogen and oxygen atoms in total. The molecular formula is C14H8BrClN2O2. The lowest BCUT2D eigenvalue weighted by atomic mass is 10.2. The molecule has 0 radical (unpaired) electrons. The maximum Gasteiger partial charge on any atom is 0.335 e. The quantitative estimate of drug-likeness (QED) is 0.858. The van der Waals surface area contributed by atoms with Crippen molar-refractivity contribution in [1.29, 1.82) is 5.26 Å². The zero-order valence-electron chi connectivity index (χ0n) is 10.0. The molecule has 0 spiro atoms. The third kappa shape index (κ3) is 3.10. The molecule has 20 heavy (non-hydrogen) atoms. The third-order valence-electron chi connectivity index (χ3n) is 2.58. The summed E-state index contributed by atoms with van der Waals surface area (Å²) in [6.45, 7) is 0. The first-order valence-electron chi connectivity index (χ1n) is 5.51. The van der Waals surface area contributed by atoms with E-state index in [0.717, 1.165) is 10.2 Å². The Morgan fingerprint density at radius 3 is 2.50 bits per heavy atom. The minimum absolute atomic E-state index is 0.124. The Balaban J connectivity index is 2.31. The number of benzene rings is 2. The highest BCUT2D eigenvalue weighted by Gasteiger charge is 2.08. The van der Waals surface area contributed by atoms with E-state index >= 15 is 0 Å². The molecule has 0 unspecified atom stereocenters. The number of hydrogen-bond acceptors (Lipinski definition) is 3. The average Bonchev–Trinajstić information content (AvgIpc) is 2.42. The molecule has 6 heteroatoms. The molecule has 2 aromatic rings. The van der Waals surface area contributed by atoms with E-state index in [1.807, 2.05) is 6.07 Å². The Kier molecular flexibility index (Phi) is 4.28. The number of carbonyl (C=O) groups is 1. The molecular weight excluding hydrogens is 344 g/mol. The molecule has 0 aliphatic heterocycles. The van der Waals surface area contributed by atoms with Crippen LogP contribution in [-0.4, -0.2) is 11.1 Å². The number of halogens is 2. The highest BCUT2D eigenvalue weighted by atomic mass is 79.9. The van der Waals surface area contributed by atoms with Gasteiger partial charge in [-0.3, -0.25) is 0 Å². The summed E-state index contributed by atoms with van der Waals surface area (Å²) in [7, 11) is 0. The fourth-order valence-corrected chi connectivity index (χ4v) is 2.29. The second-order valence-corrected chi connectivity index (χ2v) is 5.19. The van der Waals surface area contributed by atoms with Crippen LogP contribution >= 0.6 is 27.5 Å². The van der Waals surface area contributed by atoms with Crippen LogP contribution in [0.4, 0.5) is 11.4 Å². The van der Waals surface area contributed by atoms with Gasteiger partial charge in [-0.05, 0) is 52.3 Å². The fraction of sp³-hybridized carbons (Fsp3) is 0. The highest BCUT2D eigenvalue weighted by molar-refractivity contribution is 9.10. The fourth-order valence-electron chi connectivity index (χ4n) is 1.58. The molecule has 2 aromatic carbocycles. The standard InChI is InChI=1S/C14H8BrClN2O2/c15-10-5-8(7-17)1-3-12(10)18-13-4-2-9(14(19)20)6-11(13)16/h1-6,18H,(H,19,20). The molecule has 0 heterocycles. The van der Waals surface area contributed by atoms with Crippen LogP contribution in [0.1, 0.15) is 15.9 Å². The SMILES string of the molecule is N#Cc1ccc(Nc2ccc(C(=O)O)cc2Cl)c(Br)c1. The lowest BCUT2D eigenvalue weighted by Crippen LogP contribution is -1.98. The normalized spacial score (nSPS) is 9.85. The molecule has 100 valence electrons. The number of carboxylic acid groups (broad SMARTS) is 1. The summed E-state index contributed by atoms with van der Waals surface area (Å²) in [5.41, 5.74) is 1.98. The first-order chi connectivity index (χ1) is 9.51. The lowest BCUT2D eigenvalue weighted by Gasteiger charge is -2.11. The number of carboxylic acids is 1. The minimum atomic E-state index is -1.03. The van der Waals surface area contributed by atoms with Gasteiger partial charge in [-0.15, -0.1) is 0 Å². The van der Waals surface area contributed by atoms with Crippen LogP contribution in [0.25, 0.3) is 0 Å². The van der Waals surface area contributed by atoms with Crippen molar-refractivity contribution < 1.29 is 9.90 Å². The summed E-state index contributed by atoms with van der Waals surface area (Å²) in [6, 6.07) is 11.6. The van der Waals surface area contributed by atoms with Crippen molar-refractivity contribution in [3.63, 3.8) is 0 Å². The summed E-state index contributed by atoms with van der Waals surface area (Å²) in [5, 5.41) is 21.1. The number of hydrogen-bond donors (Lipinski definition) is 2. The molecule has 0 saturated heterocycles. The van der Waals surface area contributed by atoms with Crippen molar-refractivity contribution in [3.05, 3.63) is 57.0 Å². The van der Waals surface area contributed by atoms with Crippen molar-refractivity contribution in [2.24, 2.45) is 0 Å². The van der Waals surface area contributed by atoms with Crippen molar-refractivity contribution >= 4 is 44.9 Å². The molecule has 0 bridgehead atoms. The predicted octanol–water partition coefficient (Wildman–Crippen LogP) is 4.42. The van der Waals surface area contributed by atoms with Gasteiger partial charge in [0.25, 0.3) is 0 Å². The van der Waals surface area contributed by atoms with Crippen molar-refractivity contribution in [1.82, 2.24) is 0 Å². The second kappa shape index (κ2) is 5.95. The summed E-state index contributed by atoms with van der Waals surface area (Å²) in [5.74, 6) is -1.03. The Morgan fingerprint density at radius 1 is 1.25 bits per heavy atom. The van der Waals surface area contributed by atoms with Gasteiger partial charge in [-0.25, -0.2) is 4.79 Å². The van der Waals surface area contributed by atoms with Gasteiger partial charge in [-0.2, -0.15) is 5.26 Å². The first-order valence-corrected chi connectivity index (χ1v) is 6.68. The Labute approximate surface area is 128 Å². The molecule has 0 aromatic heterocycles. The van der Waals surface area contributed by atoms with Crippen LogP contribution in [0.15, 0.2) is 40.9 Å². The zero-order valence-corrected chi connectivity index (χ0v) is 12.4. The topological polar surface area (TPSA) is 73.1 Å². The number of rotatable bonds is 3. The van der Waals surface area contributed by atoms with E-state index in [4.69, 9.17) is 22.0 Å². The number of nitriles is 1. The average molecular weight is 352 g/mol.